The Kier molecular flexibility index (Phi) is 13.2. The molecule has 0 aromatic heterocycles. The number of hydrogen-bond acceptors (Lipinski definition) is 8. The summed E-state index contributed by atoms with van der Waals surface area (Å²) in [5, 5.41) is 0.722. The van der Waals surface area contributed by atoms with Gasteiger partial charge >= 0.3 is 0 Å². The number of rotatable bonds is 18. The van der Waals surface area contributed by atoms with E-state index in [0.717, 1.165) is 121 Å². The molecule has 4 heterocycles. The van der Waals surface area contributed by atoms with Gasteiger partial charge < -0.3 is 19.3 Å². The number of hydrogen-bond donors (Lipinski definition) is 0. The summed E-state index contributed by atoms with van der Waals surface area (Å²) in [6.45, 7) is 4.87. The summed E-state index contributed by atoms with van der Waals surface area (Å²) in [5.41, 5.74) is 9.06. The third kappa shape index (κ3) is 8.46. The van der Waals surface area contributed by atoms with Crippen LogP contribution in [-0.2, 0) is 0 Å². The van der Waals surface area contributed by atoms with Crippen molar-refractivity contribution < 1.29 is 28.7 Å². The molecule has 0 bridgehead atoms. The summed E-state index contributed by atoms with van der Waals surface area (Å²) in [5.74, 6) is 1.24. The van der Waals surface area contributed by atoms with Crippen LogP contribution in [0.5, 0.6) is 23.0 Å². The number of para-hydroxylation sites is 8. The van der Waals surface area contributed by atoms with Crippen LogP contribution in [-0.4, -0.2) is 46.5 Å². The Labute approximate surface area is 444 Å². The molecule has 4 amide bonds. The van der Waals surface area contributed by atoms with Crippen LogP contribution in [0.1, 0.15) is 132 Å². The topological polar surface area (TPSA) is 99.7 Å². The number of amides is 4. The first-order valence-electron chi connectivity index (χ1n) is 27.3. The van der Waals surface area contributed by atoms with E-state index in [1.165, 1.54) is 9.80 Å². The molecule has 4 aliphatic heterocycles. The molecule has 0 spiro atoms. The van der Waals surface area contributed by atoms with Crippen molar-refractivity contribution in [1.29, 1.82) is 0 Å². The second kappa shape index (κ2) is 20.7. The van der Waals surface area contributed by atoms with Crippen molar-refractivity contribution in [3.63, 3.8) is 0 Å². The van der Waals surface area contributed by atoms with Crippen molar-refractivity contribution >= 4 is 68.5 Å². The van der Waals surface area contributed by atoms with E-state index in [1.54, 1.807) is 0 Å². The fraction of sp³-hybridized carbons (Fsp3) is 0.242. The summed E-state index contributed by atoms with van der Waals surface area (Å²) in [6, 6.07) is 51.3. The first-order valence-corrected chi connectivity index (χ1v) is 27.3. The van der Waals surface area contributed by atoms with E-state index < -0.39 is 23.6 Å². The molecule has 76 heavy (non-hydrogen) atoms. The highest BCUT2D eigenvalue weighted by atomic mass is 16.5. The van der Waals surface area contributed by atoms with E-state index in [2.05, 4.69) is 23.6 Å². The van der Waals surface area contributed by atoms with Crippen LogP contribution in [0.4, 0.5) is 34.1 Å². The summed E-state index contributed by atoms with van der Waals surface area (Å²) in [7, 11) is 0. The first kappa shape index (κ1) is 48.4. The highest BCUT2D eigenvalue weighted by Crippen LogP contribution is 2.53. The lowest BCUT2D eigenvalue weighted by Crippen LogP contribution is -2.44. The van der Waals surface area contributed by atoms with Gasteiger partial charge in [-0.05, 0) is 120 Å². The van der Waals surface area contributed by atoms with E-state index in [9.17, 15) is 0 Å². The van der Waals surface area contributed by atoms with Crippen molar-refractivity contribution in [2.45, 2.75) is 90.9 Å². The van der Waals surface area contributed by atoms with Gasteiger partial charge in [0, 0.05) is 46.4 Å². The van der Waals surface area contributed by atoms with Crippen molar-refractivity contribution in [2.24, 2.45) is 0 Å². The van der Waals surface area contributed by atoms with E-state index >= 15 is 19.2 Å². The molecule has 0 atom stereocenters. The molecule has 0 radical (unpaired) electrons. The minimum atomic E-state index is -0.422. The van der Waals surface area contributed by atoms with Gasteiger partial charge in [0.25, 0.3) is 23.6 Å². The molecular formula is C66H60N4O6. The molecule has 4 aliphatic rings. The molecule has 10 nitrogen and oxygen atoms in total. The maximum absolute atomic E-state index is 15.4. The number of fused-ring (bicyclic) bond motifs is 4. The van der Waals surface area contributed by atoms with Crippen LogP contribution in [0.15, 0.2) is 158 Å². The van der Waals surface area contributed by atoms with Gasteiger partial charge in [-0.3, -0.25) is 29.0 Å². The normalized spacial score (nSPS) is 14.1. The Hall–Kier alpha value is -8.50. The molecule has 380 valence electrons. The third-order valence-electron chi connectivity index (χ3n) is 15.5. The zero-order valence-corrected chi connectivity index (χ0v) is 43.1. The number of carbonyl (C=O) groups excluding carboxylic acids is 4. The summed E-state index contributed by atoms with van der Waals surface area (Å²) in [6.07, 6.45) is 11.8. The lowest BCUT2D eigenvalue weighted by Gasteiger charge is -2.35. The summed E-state index contributed by atoms with van der Waals surface area (Å²) in [4.78, 5) is 68.3. The van der Waals surface area contributed by atoms with E-state index in [0.29, 0.717) is 68.1 Å². The average molecular weight is 1010 g/mol. The number of benzene rings is 8. The summed E-state index contributed by atoms with van der Waals surface area (Å²) >= 11 is 0. The molecule has 8 aromatic carbocycles. The Bertz CT molecular complexity index is 3260. The van der Waals surface area contributed by atoms with Crippen molar-refractivity contribution in [2.75, 3.05) is 22.9 Å². The van der Waals surface area contributed by atoms with E-state index in [1.807, 2.05) is 158 Å². The molecule has 0 fully saturated rings. The zero-order valence-electron chi connectivity index (χ0n) is 43.1. The van der Waals surface area contributed by atoms with Gasteiger partial charge in [0.2, 0.25) is 0 Å². The van der Waals surface area contributed by atoms with Crippen molar-refractivity contribution in [3.05, 3.63) is 180 Å². The lowest BCUT2D eigenvalue weighted by molar-refractivity contribution is 0.0587. The van der Waals surface area contributed by atoms with E-state index in [4.69, 9.17) is 9.47 Å². The van der Waals surface area contributed by atoms with Gasteiger partial charge in [-0.25, -0.2) is 0 Å². The molecule has 0 saturated heterocycles. The molecular weight excluding hydrogens is 945 g/mol. The van der Waals surface area contributed by atoms with Gasteiger partial charge in [0.15, 0.2) is 23.0 Å². The molecule has 0 aliphatic carbocycles. The van der Waals surface area contributed by atoms with Crippen molar-refractivity contribution in [1.82, 2.24) is 9.80 Å². The first-order chi connectivity index (χ1) is 37.3. The number of anilines is 6. The van der Waals surface area contributed by atoms with Crippen LogP contribution >= 0.6 is 0 Å². The van der Waals surface area contributed by atoms with Gasteiger partial charge in [0.1, 0.15) is 0 Å². The minimum Gasteiger partial charge on any atom is -0.453 e. The highest BCUT2D eigenvalue weighted by Gasteiger charge is 2.43. The second-order valence-electron chi connectivity index (χ2n) is 20.3. The quantitative estimate of drug-likeness (QED) is 0.0619. The van der Waals surface area contributed by atoms with Crippen LogP contribution in [0.3, 0.4) is 0 Å². The largest absolute Gasteiger partial charge is 0.453 e. The molecule has 10 heteroatoms. The fourth-order valence-electron chi connectivity index (χ4n) is 11.7. The van der Waals surface area contributed by atoms with Crippen LogP contribution in [0, 0.1) is 0 Å². The standard InChI is InChI=1S/C66H60N4O6/c1-3-5-7-9-11-21-39-67-63(71)49-41-48(44-33-37-46(38-34-44)70-53-25-15-19-29-57(53)76-58-30-20-16-26-54(58)70)62-60-50(64(72)68(66(62)74)40-22-12-10-8-6-4-2)42-47(61(59(49)60)65(67)73)43-31-35-45(36-32-43)69-51-23-13-17-27-55(51)75-56-28-18-14-24-52(56)69/h13-20,23-38,41-42H,3-12,21-22,39-40H2,1-2H3. The molecule has 0 unspecified atom stereocenters. The van der Waals surface area contributed by atoms with E-state index in [-0.39, 0.29) is 13.1 Å². The molecule has 12 rings (SSSR count). The molecule has 8 aromatic rings. The molecule has 0 saturated carbocycles. The highest BCUT2D eigenvalue weighted by molar-refractivity contribution is 6.36. The van der Waals surface area contributed by atoms with Crippen LogP contribution < -0.4 is 19.3 Å². The number of ether oxygens (including phenoxy) is 2. The van der Waals surface area contributed by atoms with Crippen LogP contribution in [0.25, 0.3) is 33.0 Å². The Morgan fingerprint density at radius 1 is 0.342 bits per heavy atom. The smallest absolute Gasteiger partial charge is 0.262 e. The average Bonchev–Trinajstić information content (AvgIpc) is 3.46. The third-order valence-corrected chi connectivity index (χ3v) is 15.5. The number of carbonyl (C=O) groups is 4. The fourth-order valence-corrected chi connectivity index (χ4v) is 11.7. The molecule has 0 N–H and O–H groups in total. The van der Waals surface area contributed by atoms with Gasteiger partial charge in [-0.15, -0.1) is 0 Å². The monoisotopic (exact) mass is 1000 g/mol. The SMILES string of the molecule is CCCCCCCCN1C(=O)c2cc(-c3ccc(N4c5ccccc5Oc5ccccc54)cc3)c3c4c(cc(-c5ccc(N6c7ccccc7Oc7ccccc76)cc5)c(c24)C1=O)C(=O)N(CCCCCCCC)C3=O. The minimum absolute atomic E-state index is 0.249. The number of nitrogens with zero attached hydrogens (tertiary/aromatic N) is 4. The maximum Gasteiger partial charge on any atom is 0.262 e. The van der Waals surface area contributed by atoms with Crippen LogP contribution in [0.2, 0.25) is 0 Å². The predicted molar refractivity (Wildman–Crippen MR) is 302 cm³/mol. The zero-order chi connectivity index (χ0) is 51.9. The van der Waals surface area contributed by atoms with Gasteiger partial charge in [-0.2, -0.15) is 0 Å². The number of unbranched alkanes of at least 4 members (excludes halogenated alkanes) is 10. The van der Waals surface area contributed by atoms with Gasteiger partial charge in [0.05, 0.1) is 33.9 Å². The summed E-state index contributed by atoms with van der Waals surface area (Å²) < 4.78 is 12.6. The maximum atomic E-state index is 15.4. The Morgan fingerprint density at radius 2 is 0.658 bits per heavy atom. The Morgan fingerprint density at radius 3 is 1.00 bits per heavy atom. The lowest BCUT2D eigenvalue weighted by atomic mass is 9.79. The van der Waals surface area contributed by atoms with Gasteiger partial charge in [-0.1, -0.05) is 151 Å². The van der Waals surface area contributed by atoms with Crippen molar-refractivity contribution in [3.8, 4) is 45.3 Å². The second-order valence-corrected chi connectivity index (χ2v) is 20.3. The Balaban J connectivity index is 1.02. The number of imide groups is 2. The predicted octanol–water partition coefficient (Wildman–Crippen LogP) is 17.2.